The number of allylic oxidation sites excluding steroid dienone is 4. The highest BCUT2D eigenvalue weighted by Crippen LogP contribution is 2.43. The second-order valence-electron chi connectivity index (χ2n) is 9.81. The first-order valence-corrected chi connectivity index (χ1v) is 12.8. The van der Waals surface area contributed by atoms with Crippen LogP contribution < -0.4 is 10.6 Å². The molecule has 186 valence electrons. The van der Waals surface area contributed by atoms with Crippen LogP contribution in [0.15, 0.2) is 60.2 Å². The Labute approximate surface area is 218 Å². The molecule has 1 unspecified atom stereocenters. The molecule has 3 heterocycles. The lowest BCUT2D eigenvalue weighted by atomic mass is 9.93. The van der Waals surface area contributed by atoms with Crippen molar-refractivity contribution >= 4 is 40.6 Å². The average molecular weight is 525 g/mol. The molecular weight excluding hydrogens is 499 g/mol. The Morgan fingerprint density at radius 2 is 1.83 bits per heavy atom. The third-order valence-electron chi connectivity index (χ3n) is 6.19. The number of nitrogens with two attached hydrogens (primary N) is 1. The van der Waals surface area contributed by atoms with E-state index in [-0.39, 0.29) is 23.3 Å². The second-order valence-corrected chi connectivity index (χ2v) is 11.3. The molecule has 2 aliphatic rings. The van der Waals surface area contributed by atoms with Gasteiger partial charge in [0.25, 0.3) is 0 Å². The molecule has 0 saturated carbocycles. The van der Waals surface area contributed by atoms with Crippen LogP contribution in [0.4, 0.5) is 20.8 Å². The summed E-state index contributed by atoms with van der Waals surface area (Å²) in [7, 11) is 0. The summed E-state index contributed by atoms with van der Waals surface area (Å²) in [5.74, 6) is -0.401. The number of urea groups is 1. The zero-order chi connectivity index (χ0) is 25.6. The Morgan fingerprint density at radius 3 is 2.53 bits per heavy atom. The van der Waals surface area contributed by atoms with Gasteiger partial charge in [-0.1, -0.05) is 38.4 Å². The Bertz CT molecular complexity index is 1380. The van der Waals surface area contributed by atoms with E-state index < -0.39 is 5.83 Å². The van der Waals surface area contributed by atoms with E-state index in [2.05, 4.69) is 30.7 Å². The molecule has 1 saturated heterocycles. The van der Waals surface area contributed by atoms with Gasteiger partial charge < -0.3 is 5.73 Å². The van der Waals surface area contributed by atoms with Crippen molar-refractivity contribution in [2.45, 2.75) is 38.5 Å². The number of nitrogens with zero attached hydrogens (tertiary/aromatic N) is 5. The number of rotatable bonds is 4. The quantitative estimate of drug-likeness (QED) is 0.432. The highest BCUT2D eigenvalue weighted by Gasteiger charge is 2.36. The molecule has 1 aliphatic heterocycles. The normalized spacial score (nSPS) is 18.5. The fourth-order valence-corrected chi connectivity index (χ4v) is 5.67. The first kappa shape index (κ1) is 24.4. The van der Waals surface area contributed by atoms with E-state index in [4.69, 9.17) is 22.3 Å². The van der Waals surface area contributed by atoms with Crippen molar-refractivity contribution < 1.29 is 9.18 Å². The molecule has 10 heteroatoms. The van der Waals surface area contributed by atoms with E-state index >= 15 is 4.39 Å². The van der Waals surface area contributed by atoms with Crippen molar-refractivity contribution in [2.75, 3.05) is 23.7 Å². The van der Waals surface area contributed by atoms with E-state index in [1.807, 2.05) is 6.08 Å². The molecule has 0 bridgehead atoms. The molecule has 36 heavy (non-hydrogen) atoms. The third-order valence-corrected chi connectivity index (χ3v) is 8.05. The molecule has 0 radical (unpaired) electrons. The first-order valence-electron chi connectivity index (χ1n) is 11.6. The summed E-state index contributed by atoms with van der Waals surface area (Å²) in [4.78, 5) is 30.7. The summed E-state index contributed by atoms with van der Waals surface area (Å²) in [6, 6.07) is 8.60. The van der Waals surface area contributed by atoms with Gasteiger partial charge in [-0.15, -0.1) is 11.3 Å². The minimum atomic E-state index is -0.397. The van der Waals surface area contributed by atoms with Crippen molar-refractivity contribution in [1.29, 1.82) is 0 Å². The van der Waals surface area contributed by atoms with Gasteiger partial charge in [-0.25, -0.2) is 24.1 Å². The van der Waals surface area contributed by atoms with Gasteiger partial charge in [-0.05, 0) is 36.4 Å². The number of anilines is 2. The van der Waals surface area contributed by atoms with Crippen LogP contribution in [0.1, 0.15) is 43.0 Å². The van der Waals surface area contributed by atoms with Gasteiger partial charge in [0.2, 0.25) is 5.95 Å². The average Bonchev–Trinajstić information content (AvgIpc) is 3.45. The number of carbonyl (C=O) groups is 1. The first-order chi connectivity index (χ1) is 17.1. The molecule has 3 aromatic rings. The minimum absolute atomic E-state index is 0.166. The number of nitrogen functional groups attached to an aromatic ring is 1. The SMILES string of the molecule is CC(C)(C)c1nc(-c2ccnc(N)n2)c(C2C=CC(F)=C(N3CCN(c4ccc(Cl)cc4)C3=O)C2)s1. The molecule has 1 aliphatic carbocycles. The van der Waals surface area contributed by atoms with Crippen molar-refractivity contribution in [1.82, 2.24) is 19.9 Å². The van der Waals surface area contributed by atoms with Crippen LogP contribution in [0.25, 0.3) is 11.4 Å². The van der Waals surface area contributed by atoms with E-state index in [1.165, 1.54) is 11.0 Å². The number of thiazole rings is 1. The Balaban J connectivity index is 1.46. The maximum atomic E-state index is 15.1. The maximum absolute atomic E-state index is 15.1. The van der Waals surface area contributed by atoms with Crippen LogP contribution in [0.5, 0.6) is 0 Å². The third kappa shape index (κ3) is 4.60. The fourth-order valence-electron chi connectivity index (χ4n) is 4.33. The lowest BCUT2D eigenvalue weighted by molar-refractivity contribution is 0.228. The highest BCUT2D eigenvalue weighted by molar-refractivity contribution is 7.12. The molecule has 0 spiro atoms. The van der Waals surface area contributed by atoms with Gasteiger partial charge in [0.15, 0.2) is 0 Å². The number of halogens is 2. The van der Waals surface area contributed by atoms with Crippen molar-refractivity contribution in [2.24, 2.45) is 0 Å². The minimum Gasteiger partial charge on any atom is -0.368 e. The number of benzene rings is 1. The molecular formula is C26H26ClFN6OS. The number of amides is 2. The van der Waals surface area contributed by atoms with Crippen LogP contribution in [-0.4, -0.2) is 39.0 Å². The van der Waals surface area contributed by atoms with Crippen LogP contribution >= 0.6 is 22.9 Å². The van der Waals surface area contributed by atoms with Crippen molar-refractivity contribution in [3.8, 4) is 11.4 Å². The Morgan fingerprint density at radius 1 is 1.11 bits per heavy atom. The Kier molecular flexibility index (Phi) is 6.30. The van der Waals surface area contributed by atoms with E-state index in [0.717, 1.165) is 15.6 Å². The van der Waals surface area contributed by atoms with E-state index in [0.29, 0.717) is 41.6 Å². The molecule has 1 aromatic carbocycles. The second kappa shape index (κ2) is 9.29. The predicted octanol–water partition coefficient (Wildman–Crippen LogP) is 6.30. The molecule has 5 rings (SSSR count). The molecule has 2 aromatic heterocycles. The standard InChI is InChI=1S/C26H26ClFN6OS/c1-26(2,3)23-32-21(19-10-11-30-24(29)31-19)22(36-23)15-4-9-18(28)20(14-15)34-13-12-33(25(34)35)17-7-5-16(27)6-8-17/h4-11,15H,12-14H2,1-3H3,(H2,29,30,31). The van der Waals surface area contributed by atoms with E-state index in [1.54, 1.807) is 52.8 Å². The molecule has 2 amide bonds. The molecule has 2 N–H and O–H groups in total. The van der Waals surface area contributed by atoms with Crippen LogP contribution in [0.3, 0.4) is 0 Å². The number of hydrogen-bond acceptors (Lipinski definition) is 6. The van der Waals surface area contributed by atoms with Crippen molar-refractivity contribution in [3.05, 3.63) is 75.1 Å². The number of carbonyl (C=O) groups excluding carboxylic acids is 1. The smallest absolute Gasteiger partial charge is 0.328 e. The predicted molar refractivity (Wildman–Crippen MR) is 142 cm³/mol. The summed E-state index contributed by atoms with van der Waals surface area (Å²) < 4.78 is 15.1. The van der Waals surface area contributed by atoms with Gasteiger partial charge in [0, 0.05) is 52.6 Å². The molecule has 7 nitrogen and oxygen atoms in total. The van der Waals surface area contributed by atoms with Crippen LogP contribution in [0.2, 0.25) is 5.02 Å². The Hall–Kier alpha value is -3.30. The highest BCUT2D eigenvalue weighted by atomic mass is 35.5. The summed E-state index contributed by atoms with van der Waals surface area (Å²) >= 11 is 7.58. The van der Waals surface area contributed by atoms with Gasteiger partial charge >= 0.3 is 6.03 Å². The molecule has 1 atom stereocenters. The summed E-state index contributed by atoms with van der Waals surface area (Å²) in [5, 5.41) is 1.54. The monoisotopic (exact) mass is 524 g/mol. The summed E-state index contributed by atoms with van der Waals surface area (Å²) in [6.45, 7) is 7.17. The maximum Gasteiger partial charge on any atom is 0.328 e. The fraction of sp³-hybridized carbons (Fsp3) is 0.308. The lowest BCUT2D eigenvalue weighted by Gasteiger charge is -2.26. The van der Waals surface area contributed by atoms with Gasteiger partial charge in [0.05, 0.1) is 16.4 Å². The topological polar surface area (TPSA) is 88.2 Å². The lowest BCUT2D eigenvalue weighted by Crippen LogP contribution is -2.32. The number of aromatic nitrogens is 3. The summed E-state index contributed by atoms with van der Waals surface area (Å²) in [5.41, 5.74) is 8.12. The largest absolute Gasteiger partial charge is 0.368 e. The zero-order valence-corrected chi connectivity index (χ0v) is 21.8. The summed E-state index contributed by atoms with van der Waals surface area (Å²) in [6.07, 6.45) is 5.23. The molecule has 1 fully saturated rings. The van der Waals surface area contributed by atoms with Gasteiger partial charge in [-0.2, -0.15) is 0 Å². The van der Waals surface area contributed by atoms with Crippen LogP contribution in [-0.2, 0) is 5.41 Å². The van der Waals surface area contributed by atoms with Gasteiger partial charge in [-0.3, -0.25) is 9.80 Å². The number of hydrogen-bond donors (Lipinski definition) is 1. The van der Waals surface area contributed by atoms with Gasteiger partial charge in [0.1, 0.15) is 11.5 Å². The zero-order valence-electron chi connectivity index (χ0n) is 20.2. The van der Waals surface area contributed by atoms with Crippen LogP contribution in [0, 0.1) is 0 Å². The van der Waals surface area contributed by atoms with Crippen molar-refractivity contribution in [3.63, 3.8) is 0 Å². The van der Waals surface area contributed by atoms with E-state index in [9.17, 15) is 4.79 Å².